The minimum atomic E-state index is -0.610. The first-order chi connectivity index (χ1) is 8.17. The van der Waals surface area contributed by atoms with Crippen molar-refractivity contribution in [1.29, 1.82) is 0 Å². The van der Waals surface area contributed by atoms with Crippen molar-refractivity contribution in [3.63, 3.8) is 0 Å². The summed E-state index contributed by atoms with van der Waals surface area (Å²) in [6.07, 6.45) is 5.01. The van der Waals surface area contributed by atoms with Crippen molar-refractivity contribution in [3.8, 4) is 0 Å². The van der Waals surface area contributed by atoms with Crippen LogP contribution in [0.5, 0.6) is 0 Å². The first-order valence-corrected chi connectivity index (χ1v) is 6.62. The number of aromatic nitrogens is 1. The summed E-state index contributed by atoms with van der Waals surface area (Å²) in [4.78, 5) is 4.60. The third-order valence-electron chi connectivity index (χ3n) is 3.84. The Labute approximate surface area is 103 Å². The minimum Gasteiger partial charge on any atom is -0.388 e. The standard InChI is InChI=1S/C14H22N2O/c1-3-14(17,4-2)10-15-13-9-8-11-6-5-7-12(11)16-13/h8-9,17H,3-7,10H2,1-2H3,(H,15,16). The second kappa shape index (κ2) is 5.05. The second-order valence-electron chi connectivity index (χ2n) is 4.94. The van der Waals surface area contributed by atoms with Gasteiger partial charge in [0.1, 0.15) is 5.82 Å². The molecule has 0 radical (unpaired) electrons. The van der Waals surface area contributed by atoms with Gasteiger partial charge in [0.2, 0.25) is 0 Å². The number of fused-ring (bicyclic) bond motifs is 1. The monoisotopic (exact) mass is 234 g/mol. The van der Waals surface area contributed by atoms with Crippen LogP contribution in [0.25, 0.3) is 0 Å². The molecule has 1 aliphatic rings. The number of hydrogen-bond donors (Lipinski definition) is 2. The lowest BCUT2D eigenvalue weighted by molar-refractivity contribution is 0.0456. The Hall–Kier alpha value is -1.09. The Balaban J connectivity index is 2.00. The molecule has 0 saturated carbocycles. The van der Waals surface area contributed by atoms with Gasteiger partial charge in [-0.05, 0) is 43.7 Å². The maximum absolute atomic E-state index is 10.2. The average molecular weight is 234 g/mol. The third-order valence-corrected chi connectivity index (χ3v) is 3.84. The number of rotatable bonds is 5. The van der Waals surface area contributed by atoms with Crippen molar-refractivity contribution < 1.29 is 5.11 Å². The van der Waals surface area contributed by atoms with Crippen LogP contribution < -0.4 is 5.32 Å². The van der Waals surface area contributed by atoms with Gasteiger partial charge in [-0.3, -0.25) is 0 Å². The van der Waals surface area contributed by atoms with Crippen molar-refractivity contribution in [1.82, 2.24) is 4.98 Å². The number of aliphatic hydroxyl groups is 1. The van der Waals surface area contributed by atoms with Crippen LogP contribution in [0.1, 0.15) is 44.4 Å². The summed E-state index contributed by atoms with van der Waals surface area (Å²) in [6, 6.07) is 4.19. The Kier molecular flexibility index (Phi) is 3.67. The van der Waals surface area contributed by atoms with E-state index in [0.717, 1.165) is 31.5 Å². The van der Waals surface area contributed by atoms with E-state index in [2.05, 4.69) is 16.4 Å². The summed E-state index contributed by atoms with van der Waals surface area (Å²) < 4.78 is 0. The van der Waals surface area contributed by atoms with E-state index in [4.69, 9.17) is 0 Å². The molecule has 3 heteroatoms. The first kappa shape index (κ1) is 12.4. The molecule has 0 amide bonds. The molecule has 1 aliphatic carbocycles. The van der Waals surface area contributed by atoms with Crippen LogP contribution in [0.4, 0.5) is 5.82 Å². The first-order valence-electron chi connectivity index (χ1n) is 6.62. The van der Waals surface area contributed by atoms with Crippen LogP contribution >= 0.6 is 0 Å². The van der Waals surface area contributed by atoms with Crippen molar-refractivity contribution >= 4 is 5.82 Å². The number of aryl methyl sites for hydroxylation is 2. The predicted octanol–water partition coefficient (Wildman–Crippen LogP) is 2.53. The van der Waals surface area contributed by atoms with E-state index in [-0.39, 0.29) is 0 Å². The zero-order valence-corrected chi connectivity index (χ0v) is 10.8. The SMILES string of the molecule is CCC(O)(CC)CNc1ccc2c(n1)CCC2. The molecular formula is C14H22N2O. The van der Waals surface area contributed by atoms with E-state index in [0.29, 0.717) is 6.54 Å². The average Bonchev–Trinajstić information content (AvgIpc) is 2.83. The lowest BCUT2D eigenvalue weighted by atomic mass is 9.98. The van der Waals surface area contributed by atoms with Gasteiger partial charge in [-0.1, -0.05) is 19.9 Å². The Morgan fingerprint density at radius 2 is 2.06 bits per heavy atom. The molecule has 94 valence electrons. The predicted molar refractivity (Wildman–Crippen MR) is 70.3 cm³/mol. The van der Waals surface area contributed by atoms with Crippen molar-refractivity contribution in [2.75, 3.05) is 11.9 Å². The zero-order chi connectivity index (χ0) is 12.3. The fourth-order valence-electron chi connectivity index (χ4n) is 2.27. The van der Waals surface area contributed by atoms with Gasteiger partial charge in [0.15, 0.2) is 0 Å². The molecule has 0 bridgehead atoms. The van der Waals surface area contributed by atoms with E-state index in [9.17, 15) is 5.11 Å². The summed E-state index contributed by atoms with van der Waals surface area (Å²) in [5, 5.41) is 13.4. The fraction of sp³-hybridized carbons (Fsp3) is 0.643. The lowest BCUT2D eigenvalue weighted by Gasteiger charge is -2.25. The Morgan fingerprint density at radius 1 is 1.29 bits per heavy atom. The summed E-state index contributed by atoms with van der Waals surface area (Å²) in [7, 11) is 0. The summed E-state index contributed by atoms with van der Waals surface area (Å²) in [5.41, 5.74) is 2.00. The number of anilines is 1. The third kappa shape index (κ3) is 2.78. The number of nitrogens with one attached hydrogen (secondary N) is 1. The molecule has 2 N–H and O–H groups in total. The van der Waals surface area contributed by atoms with Gasteiger partial charge in [0.25, 0.3) is 0 Å². The number of nitrogens with zero attached hydrogens (tertiary/aromatic N) is 1. The van der Waals surface area contributed by atoms with Gasteiger partial charge in [0.05, 0.1) is 5.60 Å². The maximum Gasteiger partial charge on any atom is 0.126 e. The van der Waals surface area contributed by atoms with E-state index >= 15 is 0 Å². The molecule has 1 aromatic heterocycles. The molecule has 1 aromatic rings. The molecule has 2 rings (SSSR count). The molecule has 3 nitrogen and oxygen atoms in total. The van der Waals surface area contributed by atoms with Crippen LogP contribution in [-0.2, 0) is 12.8 Å². The van der Waals surface area contributed by atoms with Crippen LogP contribution in [-0.4, -0.2) is 22.2 Å². The molecule has 0 saturated heterocycles. The summed E-state index contributed by atoms with van der Waals surface area (Å²) in [5.74, 6) is 0.894. The van der Waals surface area contributed by atoms with Gasteiger partial charge in [-0.25, -0.2) is 4.98 Å². The highest BCUT2D eigenvalue weighted by Crippen LogP contribution is 2.22. The molecule has 0 atom stereocenters. The molecule has 0 unspecified atom stereocenters. The molecule has 0 aliphatic heterocycles. The molecule has 0 fully saturated rings. The van der Waals surface area contributed by atoms with Gasteiger partial charge >= 0.3 is 0 Å². The number of pyridine rings is 1. The molecule has 1 heterocycles. The van der Waals surface area contributed by atoms with Crippen molar-refractivity contribution in [2.24, 2.45) is 0 Å². The Morgan fingerprint density at radius 3 is 2.76 bits per heavy atom. The van der Waals surface area contributed by atoms with Gasteiger partial charge in [0, 0.05) is 12.2 Å². The largest absolute Gasteiger partial charge is 0.388 e. The normalized spacial score (nSPS) is 14.8. The molecule has 0 spiro atoms. The molecule has 0 aromatic carbocycles. The van der Waals surface area contributed by atoms with Crippen LogP contribution in [0.15, 0.2) is 12.1 Å². The van der Waals surface area contributed by atoms with E-state index in [1.54, 1.807) is 0 Å². The highest BCUT2D eigenvalue weighted by Gasteiger charge is 2.22. The van der Waals surface area contributed by atoms with Crippen molar-refractivity contribution in [3.05, 3.63) is 23.4 Å². The van der Waals surface area contributed by atoms with E-state index in [1.807, 2.05) is 19.9 Å². The van der Waals surface area contributed by atoms with Crippen molar-refractivity contribution in [2.45, 2.75) is 51.6 Å². The second-order valence-corrected chi connectivity index (χ2v) is 4.94. The van der Waals surface area contributed by atoms with Gasteiger partial charge in [-0.2, -0.15) is 0 Å². The van der Waals surface area contributed by atoms with Gasteiger partial charge in [-0.15, -0.1) is 0 Å². The molecular weight excluding hydrogens is 212 g/mol. The topological polar surface area (TPSA) is 45.1 Å². The Bertz CT molecular complexity index is 386. The zero-order valence-electron chi connectivity index (χ0n) is 10.8. The molecule has 17 heavy (non-hydrogen) atoms. The fourth-order valence-corrected chi connectivity index (χ4v) is 2.27. The lowest BCUT2D eigenvalue weighted by Crippen LogP contribution is -2.35. The van der Waals surface area contributed by atoms with E-state index < -0.39 is 5.60 Å². The number of hydrogen-bond acceptors (Lipinski definition) is 3. The quantitative estimate of drug-likeness (QED) is 0.823. The van der Waals surface area contributed by atoms with Gasteiger partial charge < -0.3 is 10.4 Å². The minimum absolute atomic E-state index is 0.575. The van der Waals surface area contributed by atoms with Crippen LogP contribution in [0, 0.1) is 0 Å². The van der Waals surface area contributed by atoms with E-state index in [1.165, 1.54) is 17.7 Å². The highest BCUT2D eigenvalue weighted by molar-refractivity contribution is 5.40. The highest BCUT2D eigenvalue weighted by atomic mass is 16.3. The summed E-state index contributed by atoms with van der Waals surface area (Å²) >= 11 is 0. The summed E-state index contributed by atoms with van der Waals surface area (Å²) in [6.45, 7) is 4.61. The maximum atomic E-state index is 10.2. The smallest absolute Gasteiger partial charge is 0.126 e. The van der Waals surface area contributed by atoms with Crippen LogP contribution in [0.2, 0.25) is 0 Å². The van der Waals surface area contributed by atoms with Crippen LogP contribution in [0.3, 0.4) is 0 Å².